The highest BCUT2D eigenvalue weighted by Crippen LogP contribution is 2.28. The molecule has 112 valence electrons. The van der Waals surface area contributed by atoms with Crippen molar-refractivity contribution >= 4 is 41.9 Å². The zero-order valence-electron chi connectivity index (χ0n) is 11.7. The van der Waals surface area contributed by atoms with Crippen LogP contribution >= 0.6 is 31.9 Å². The van der Waals surface area contributed by atoms with Crippen LogP contribution in [0.1, 0.15) is 11.1 Å². The molecular weight excluding hydrogens is 418 g/mol. The Bertz CT molecular complexity index is 743. The van der Waals surface area contributed by atoms with Gasteiger partial charge in [0, 0.05) is 22.5 Å². The van der Waals surface area contributed by atoms with Crippen molar-refractivity contribution in [2.24, 2.45) is 0 Å². The average molecular weight is 433 g/mol. The average Bonchev–Trinajstić information content (AvgIpc) is 2.40. The maximum Gasteiger partial charge on any atom is 0.244 e. The Hall–Kier alpha value is -0.690. The lowest BCUT2D eigenvalue weighted by Crippen LogP contribution is -2.26. The van der Waals surface area contributed by atoms with Gasteiger partial charge < -0.3 is 0 Å². The molecule has 0 radical (unpaired) electrons. The summed E-state index contributed by atoms with van der Waals surface area (Å²) in [6.45, 7) is 2.34. The molecule has 0 amide bonds. The van der Waals surface area contributed by atoms with Gasteiger partial charge in [-0.25, -0.2) is 8.42 Å². The summed E-state index contributed by atoms with van der Waals surface area (Å²) in [7, 11) is -1.94. The van der Waals surface area contributed by atoms with Crippen LogP contribution in [-0.2, 0) is 16.6 Å². The van der Waals surface area contributed by atoms with Gasteiger partial charge in [-0.05, 0) is 46.6 Å². The molecule has 2 aromatic rings. The van der Waals surface area contributed by atoms with Crippen molar-refractivity contribution in [3.8, 4) is 0 Å². The highest BCUT2D eigenvalue weighted by molar-refractivity contribution is 9.11. The van der Waals surface area contributed by atoms with Crippen molar-refractivity contribution in [3.63, 3.8) is 0 Å². The molecule has 0 aliphatic carbocycles. The number of nitrogens with zero attached hydrogens (tertiary/aromatic N) is 1. The van der Waals surface area contributed by atoms with Crippen LogP contribution in [0.2, 0.25) is 0 Å². The van der Waals surface area contributed by atoms with E-state index in [1.807, 2.05) is 31.2 Å². The quantitative estimate of drug-likeness (QED) is 0.720. The first-order chi connectivity index (χ1) is 9.80. The molecule has 0 saturated carbocycles. The summed E-state index contributed by atoms with van der Waals surface area (Å²) in [5.74, 6) is 0. The molecule has 0 atom stereocenters. The number of aryl methyl sites for hydroxylation is 1. The number of hydrogen-bond donors (Lipinski definition) is 0. The Labute approximate surface area is 142 Å². The third-order valence-electron chi connectivity index (χ3n) is 3.11. The fourth-order valence-electron chi connectivity index (χ4n) is 1.89. The second kappa shape index (κ2) is 6.60. The van der Waals surface area contributed by atoms with Crippen molar-refractivity contribution < 1.29 is 8.42 Å². The van der Waals surface area contributed by atoms with Gasteiger partial charge in [-0.2, -0.15) is 4.31 Å². The molecule has 0 unspecified atom stereocenters. The number of hydrogen-bond acceptors (Lipinski definition) is 2. The van der Waals surface area contributed by atoms with E-state index in [0.29, 0.717) is 11.0 Å². The van der Waals surface area contributed by atoms with Gasteiger partial charge in [-0.1, -0.05) is 45.8 Å². The standard InChI is InChI=1S/C15H15Br2NO2S/c1-11-3-5-12(6-4-11)10-18(2)21(19,20)15-8-7-13(16)9-14(15)17/h3-9H,10H2,1-2H3. The summed E-state index contributed by atoms with van der Waals surface area (Å²) in [6.07, 6.45) is 0. The monoisotopic (exact) mass is 431 g/mol. The molecule has 6 heteroatoms. The maximum absolute atomic E-state index is 12.6. The van der Waals surface area contributed by atoms with Gasteiger partial charge in [0.15, 0.2) is 0 Å². The Morgan fingerprint density at radius 3 is 2.24 bits per heavy atom. The molecule has 3 nitrogen and oxygen atoms in total. The zero-order chi connectivity index (χ0) is 15.6. The molecule has 0 spiro atoms. The molecule has 0 saturated heterocycles. The summed E-state index contributed by atoms with van der Waals surface area (Å²) in [5, 5.41) is 0. The van der Waals surface area contributed by atoms with Crippen LogP contribution < -0.4 is 0 Å². The van der Waals surface area contributed by atoms with E-state index in [-0.39, 0.29) is 4.90 Å². The topological polar surface area (TPSA) is 37.4 Å². The Balaban J connectivity index is 2.28. The van der Waals surface area contributed by atoms with E-state index in [2.05, 4.69) is 31.9 Å². The fourth-order valence-corrected chi connectivity index (χ4v) is 4.75. The molecule has 0 fully saturated rings. The minimum Gasteiger partial charge on any atom is -0.207 e. The van der Waals surface area contributed by atoms with Crippen molar-refractivity contribution in [2.75, 3.05) is 7.05 Å². The van der Waals surface area contributed by atoms with Crippen LogP contribution in [0.4, 0.5) is 0 Å². The largest absolute Gasteiger partial charge is 0.244 e. The minimum absolute atomic E-state index is 0.264. The first-order valence-corrected chi connectivity index (χ1v) is 9.30. The summed E-state index contributed by atoms with van der Waals surface area (Å²) in [5.41, 5.74) is 2.11. The van der Waals surface area contributed by atoms with Crippen molar-refractivity contribution in [2.45, 2.75) is 18.4 Å². The molecule has 0 aliphatic heterocycles. The van der Waals surface area contributed by atoms with E-state index in [9.17, 15) is 8.42 Å². The second-order valence-electron chi connectivity index (χ2n) is 4.82. The Morgan fingerprint density at radius 1 is 1.05 bits per heavy atom. The smallest absolute Gasteiger partial charge is 0.207 e. The van der Waals surface area contributed by atoms with Crippen molar-refractivity contribution in [1.29, 1.82) is 0 Å². The second-order valence-corrected chi connectivity index (χ2v) is 8.60. The SMILES string of the molecule is Cc1ccc(CN(C)S(=O)(=O)c2ccc(Br)cc2Br)cc1. The van der Waals surface area contributed by atoms with Crippen LogP contribution in [0.15, 0.2) is 56.3 Å². The molecular formula is C15H15Br2NO2S. The van der Waals surface area contributed by atoms with Gasteiger partial charge in [-0.15, -0.1) is 0 Å². The summed E-state index contributed by atoms with van der Waals surface area (Å²) >= 11 is 6.63. The Morgan fingerprint density at radius 2 is 1.67 bits per heavy atom. The van der Waals surface area contributed by atoms with Gasteiger partial charge in [0.05, 0.1) is 4.90 Å². The van der Waals surface area contributed by atoms with Crippen LogP contribution in [-0.4, -0.2) is 19.8 Å². The lowest BCUT2D eigenvalue weighted by atomic mass is 10.1. The summed E-state index contributed by atoms with van der Waals surface area (Å²) < 4.78 is 28.0. The normalized spacial score (nSPS) is 11.9. The van der Waals surface area contributed by atoms with Gasteiger partial charge in [-0.3, -0.25) is 0 Å². The fraction of sp³-hybridized carbons (Fsp3) is 0.200. The van der Waals surface area contributed by atoms with E-state index in [4.69, 9.17) is 0 Å². The number of benzene rings is 2. The zero-order valence-corrected chi connectivity index (χ0v) is 15.7. The number of sulfonamides is 1. The van der Waals surface area contributed by atoms with Gasteiger partial charge in [0.2, 0.25) is 10.0 Å². The van der Waals surface area contributed by atoms with Gasteiger partial charge in [0.25, 0.3) is 0 Å². The first-order valence-electron chi connectivity index (χ1n) is 6.27. The molecule has 0 N–H and O–H groups in total. The molecule has 0 aliphatic rings. The first kappa shape index (κ1) is 16.7. The van der Waals surface area contributed by atoms with Crippen molar-refractivity contribution in [3.05, 3.63) is 62.5 Å². The van der Waals surface area contributed by atoms with Crippen LogP contribution in [0.3, 0.4) is 0 Å². The van der Waals surface area contributed by atoms with E-state index in [1.165, 1.54) is 4.31 Å². The van der Waals surface area contributed by atoms with Crippen LogP contribution in [0.25, 0.3) is 0 Å². The highest BCUT2D eigenvalue weighted by Gasteiger charge is 2.23. The molecule has 2 rings (SSSR count). The molecule has 2 aromatic carbocycles. The predicted molar refractivity (Wildman–Crippen MR) is 91.7 cm³/mol. The third-order valence-corrected chi connectivity index (χ3v) is 6.38. The number of rotatable bonds is 4. The van der Waals surface area contributed by atoms with Gasteiger partial charge >= 0.3 is 0 Å². The van der Waals surface area contributed by atoms with Crippen molar-refractivity contribution in [1.82, 2.24) is 4.31 Å². The minimum atomic E-state index is -3.53. The highest BCUT2D eigenvalue weighted by atomic mass is 79.9. The van der Waals surface area contributed by atoms with Crippen LogP contribution in [0, 0.1) is 6.92 Å². The third kappa shape index (κ3) is 3.94. The van der Waals surface area contributed by atoms with E-state index in [0.717, 1.165) is 15.6 Å². The predicted octanol–water partition coefficient (Wildman–Crippen LogP) is 4.34. The molecule has 21 heavy (non-hydrogen) atoms. The van der Waals surface area contributed by atoms with Crippen LogP contribution in [0.5, 0.6) is 0 Å². The van der Waals surface area contributed by atoms with Gasteiger partial charge in [0.1, 0.15) is 0 Å². The lowest BCUT2D eigenvalue weighted by Gasteiger charge is -2.18. The molecule has 0 bridgehead atoms. The lowest BCUT2D eigenvalue weighted by molar-refractivity contribution is 0.466. The summed E-state index contributed by atoms with van der Waals surface area (Å²) in [4.78, 5) is 0.264. The Kier molecular flexibility index (Phi) is 5.24. The number of halogens is 2. The molecule has 0 aromatic heterocycles. The summed E-state index contributed by atoms with van der Waals surface area (Å²) in [6, 6.07) is 12.9. The van der Waals surface area contributed by atoms with E-state index < -0.39 is 10.0 Å². The maximum atomic E-state index is 12.6. The molecule has 0 heterocycles. The van der Waals surface area contributed by atoms with E-state index in [1.54, 1.807) is 25.2 Å². The van der Waals surface area contributed by atoms with E-state index >= 15 is 0 Å².